The molecule has 0 fully saturated rings. The minimum atomic E-state index is -5.02. The predicted molar refractivity (Wildman–Crippen MR) is 32.4 cm³/mol. The fourth-order valence-corrected chi connectivity index (χ4v) is 0.632. The third-order valence-corrected chi connectivity index (χ3v) is 0.766. The molecule has 0 aromatic rings. The van der Waals surface area contributed by atoms with Gasteiger partial charge in [-0.1, -0.05) is 8.67 Å². The van der Waals surface area contributed by atoms with Crippen LogP contribution in [0.15, 0.2) is 0 Å². The zero-order chi connectivity index (χ0) is 8.41. The van der Waals surface area contributed by atoms with E-state index < -0.39 is 20.8 Å². The molecule has 0 unspecified atom stereocenters. The van der Waals surface area contributed by atoms with Crippen molar-refractivity contribution < 1.29 is 55.7 Å². The molecule has 0 heterocycles. The van der Waals surface area contributed by atoms with Gasteiger partial charge in [-0.2, -0.15) is 16.8 Å². The van der Waals surface area contributed by atoms with Crippen molar-refractivity contribution in [2.45, 2.75) is 0 Å². The van der Waals surface area contributed by atoms with Crippen LogP contribution >= 0.6 is 0 Å². The molecule has 0 aliphatic rings. The van der Waals surface area contributed by atoms with Crippen molar-refractivity contribution in [1.82, 2.24) is 0 Å². The van der Waals surface area contributed by atoms with Crippen molar-refractivity contribution in [3.63, 3.8) is 0 Å². The topological polar surface area (TPSA) is 127 Å². The van der Waals surface area contributed by atoms with Crippen molar-refractivity contribution in [2.24, 2.45) is 0 Å². The van der Waals surface area contributed by atoms with Crippen LogP contribution < -0.4 is 0 Å². The second kappa shape index (κ2) is 7.37. The molecule has 0 atom stereocenters. The van der Waals surface area contributed by atoms with Crippen LogP contribution in [-0.2, 0) is 50.5 Å². The first kappa shape index (κ1) is 19.6. The average molecular weight is 429 g/mol. The summed E-state index contributed by atoms with van der Waals surface area (Å²) in [5, 5.41) is 0. The monoisotopic (exact) mass is 429 g/mol. The molecule has 0 aliphatic carbocycles. The zero-order valence-electron chi connectivity index (χ0n) is 4.48. The summed E-state index contributed by atoms with van der Waals surface area (Å²) < 4.78 is 58.9. The van der Waals surface area contributed by atoms with Gasteiger partial charge < -0.3 is 0 Å². The summed E-state index contributed by atoms with van der Waals surface area (Å²) in [6, 6.07) is 0. The molecule has 12 heavy (non-hydrogen) atoms. The molecule has 0 radical (unpaired) electrons. The molecule has 0 amide bonds. The zero-order valence-corrected chi connectivity index (χ0v) is 8.38. The van der Waals surface area contributed by atoms with E-state index in [1.54, 1.807) is 0 Å². The number of hydrogen-bond donors (Lipinski definition) is 2. The van der Waals surface area contributed by atoms with E-state index in [4.69, 9.17) is 9.11 Å². The molecular formula is H3KO8PtS2. The quantitative estimate of drug-likeness (QED) is 0.226. The molecule has 8 nitrogen and oxygen atoms in total. The fourth-order valence-electron chi connectivity index (χ4n) is 0.0702. The largest absolute Gasteiger partial charge is 0 e. The predicted octanol–water partition coefficient (Wildman–Crippen LogP) is -2.11. The standard InChI is InChI=1S/K.H2O8S2.Pt.H/c;1-9(2,3)7-8-10(4,5)6;;/h;(H,1,2,3)(H,4,5,6);;. The van der Waals surface area contributed by atoms with E-state index in [-0.39, 0.29) is 72.4 Å². The summed E-state index contributed by atoms with van der Waals surface area (Å²) >= 11 is 0. The Bertz CT molecular complexity index is 253. The molecule has 0 saturated heterocycles. The molecule has 0 rings (SSSR count). The third kappa shape index (κ3) is 18.0. The maximum atomic E-state index is 9.51. The van der Waals surface area contributed by atoms with Crippen LogP contribution in [0.4, 0.5) is 0 Å². The molecule has 74 valence electrons. The maximum Gasteiger partial charge on any atom is 0 e. The van der Waals surface area contributed by atoms with Crippen molar-refractivity contribution in [2.75, 3.05) is 0 Å². The normalized spacial score (nSPS) is 11.2. The Morgan fingerprint density at radius 2 is 1.00 bits per heavy atom. The summed E-state index contributed by atoms with van der Waals surface area (Å²) in [6.45, 7) is 0. The van der Waals surface area contributed by atoms with E-state index in [0.717, 1.165) is 0 Å². The smallest absolute Gasteiger partial charge is 0 e. The van der Waals surface area contributed by atoms with Gasteiger partial charge in [-0.05, 0) is 0 Å². The van der Waals surface area contributed by atoms with Gasteiger partial charge in [0, 0.05) is 21.1 Å². The Morgan fingerprint density at radius 3 is 1.08 bits per heavy atom. The van der Waals surface area contributed by atoms with Crippen LogP contribution in [0.25, 0.3) is 0 Å². The Hall–Kier alpha value is 2.06. The van der Waals surface area contributed by atoms with Crippen LogP contribution in [0.1, 0.15) is 0 Å². The molecular weight excluding hydrogens is 426 g/mol. The Morgan fingerprint density at radius 1 is 0.833 bits per heavy atom. The van der Waals surface area contributed by atoms with Gasteiger partial charge in [-0.25, -0.2) is 0 Å². The molecule has 0 bridgehead atoms. The second-order valence-electron chi connectivity index (χ2n) is 0.992. The number of hydrogen-bond acceptors (Lipinski definition) is 6. The van der Waals surface area contributed by atoms with Crippen molar-refractivity contribution in [1.29, 1.82) is 0 Å². The first-order valence-corrected chi connectivity index (χ1v) is 4.26. The first-order valence-electron chi connectivity index (χ1n) is 1.53. The molecule has 0 spiro atoms. The third-order valence-electron chi connectivity index (χ3n) is 0.200. The van der Waals surface area contributed by atoms with Gasteiger partial charge >= 0.3 is 72.2 Å². The summed E-state index contributed by atoms with van der Waals surface area (Å²) in [7, 11) is -10.0. The van der Waals surface area contributed by atoms with Crippen LogP contribution in [0, 0.1) is 0 Å². The Kier molecular flexibility index (Phi) is 12.0. The summed E-state index contributed by atoms with van der Waals surface area (Å²) in [6.07, 6.45) is 0. The first-order chi connectivity index (χ1) is 4.21. The molecule has 0 saturated carbocycles. The van der Waals surface area contributed by atoms with Gasteiger partial charge in [-0.3, -0.25) is 9.11 Å². The summed E-state index contributed by atoms with van der Waals surface area (Å²) in [4.78, 5) is 0. The molecule has 0 aromatic heterocycles. The van der Waals surface area contributed by atoms with E-state index in [9.17, 15) is 16.8 Å². The minimum Gasteiger partial charge on any atom is 0 e. The second-order valence-corrected chi connectivity index (χ2v) is 2.97. The van der Waals surface area contributed by atoms with Gasteiger partial charge in [0.05, 0.1) is 0 Å². The van der Waals surface area contributed by atoms with Gasteiger partial charge in [0.2, 0.25) is 0 Å². The number of rotatable bonds is 3. The SMILES string of the molecule is O=S(=O)(O)OOS(=O)(=O)O.[KH].[Pt]. The fraction of sp³-hybridized carbons (Fsp3) is 0. The van der Waals surface area contributed by atoms with Gasteiger partial charge in [0.15, 0.2) is 0 Å². The minimum absolute atomic E-state index is 0. The van der Waals surface area contributed by atoms with E-state index >= 15 is 0 Å². The van der Waals surface area contributed by atoms with Gasteiger partial charge in [0.25, 0.3) is 0 Å². The van der Waals surface area contributed by atoms with Crippen LogP contribution in [0.2, 0.25) is 0 Å². The molecule has 0 aromatic carbocycles. The van der Waals surface area contributed by atoms with Gasteiger partial charge in [-0.15, -0.1) is 0 Å². The van der Waals surface area contributed by atoms with E-state index in [2.05, 4.69) is 8.67 Å². The van der Waals surface area contributed by atoms with Crippen molar-refractivity contribution in [3.8, 4) is 0 Å². The van der Waals surface area contributed by atoms with Crippen LogP contribution in [0.5, 0.6) is 0 Å². The maximum absolute atomic E-state index is 9.51. The molecule has 12 heteroatoms. The molecule has 2 N–H and O–H groups in total. The average Bonchev–Trinajstić information content (AvgIpc) is 1.57. The summed E-state index contributed by atoms with van der Waals surface area (Å²) in [5.74, 6) is 0. The molecule has 0 aliphatic heterocycles. The van der Waals surface area contributed by atoms with Crippen molar-refractivity contribution in [3.05, 3.63) is 0 Å². The van der Waals surface area contributed by atoms with E-state index in [0.29, 0.717) is 0 Å². The van der Waals surface area contributed by atoms with Crippen LogP contribution in [0.3, 0.4) is 0 Å². The van der Waals surface area contributed by atoms with Crippen LogP contribution in [-0.4, -0.2) is 77.3 Å². The van der Waals surface area contributed by atoms with Crippen molar-refractivity contribution >= 4 is 72.2 Å². The van der Waals surface area contributed by atoms with E-state index in [1.165, 1.54) is 0 Å². The Balaban J connectivity index is -0.000000405. The van der Waals surface area contributed by atoms with Gasteiger partial charge in [0.1, 0.15) is 0 Å². The van der Waals surface area contributed by atoms with E-state index in [1.807, 2.05) is 0 Å². The Labute approximate surface area is 126 Å². The summed E-state index contributed by atoms with van der Waals surface area (Å²) in [5.41, 5.74) is 0.